The second-order valence-corrected chi connectivity index (χ2v) is 8.06. The van der Waals surface area contributed by atoms with Gasteiger partial charge in [0.25, 0.3) is 5.91 Å². The molecule has 2 N–H and O–H groups in total. The fourth-order valence-electron chi connectivity index (χ4n) is 2.65. The van der Waals surface area contributed by atoms with E-state index in [0.717, 1.165) is 0 Å². The first-order valence-electron chi connectivity index (χ1n) is 9.34. The number of amides is 1. The Hall–Kier alpha value is -1.98. The predicted octanol–water partition coefficient (Wildman–Crippen LogP) is 1.17. The predicted molar refractivity (Wildman–Crippen MR) is 107 cm³/mol. The van der Waals surface area contributed by atoms with Gasteiger partial charge in [-0.25, -0.2) is 4.39 Å². The van der Waals surface area contributed by atoms with Crippen LogP contribution in [0, 0.1) is 17.8 Å². The van der Waals surface area contributed by atoms with Crippen molar-refractivity contribution in [2.24, 2.45) is 5.92 Å². The number of aliphatic carboxylic acids is 1. The van der Waals surface area contributed by atoms with Gasteiger partial charge in [0.1, 0.15) is 6.04 Å². The van der Waals surface area contributed by atoms with Crippen LogP contribution in [0.2, 0.25) is 0 Å². The van der Waals surface area contributed by atoms with Crippen molar-refractivity contribution in [3.05, 3.63) is 0 Å². The summed E-state index contributed by atoms with van der Waals surface area (Å²) in [5.41, 5.74) is -2.20. The first-order valence-corrected chi connectivity index (χ1v) is 9.34. The van der Waals surface area contributed by atoms with Crippen molar-refractivity contribution in [3.8, 4) is 11.8 Å². The number of likely N-dealkylation sites (tertiary alicyclic amines) is 1. The largest absolute Gasteiger partial charge is 0.480 e. The maximum atomic E-state index is 13.6. The van der Waals surface area contributed by atoms with Gasteiger partial charge in [-0.1, -0.05) is 19.8 Å². The van der Waals surface area contributed by atoms with Crippen molar-refractivity contribution in [2.45, 2.75) is 57.8 Å². The normalized spacial score (nSPS) is 17.1. The smallest absolute Gasteiger partial charge is 0.321 e. The molecule has 0 aromatic rings. The number of halogens is 1. The number of hydrogen-bond donors (Lipinski definition) is 2. The third-order valence-electron chi connectivity index (χ3n) is 4.64. The van der Waals surface area contributed by atoms with Crippen LogP contribution in [-0.4, -0.2) is 84.6 Å². The van der Waals surface area contributed by atoms with Gasteiger partial charge in [-0.3, -0.25) is 19.3 Å². The third-order valence-corrected chi connectivity index (χ3v) is 4.64. The molecule has 1 aliphatic rings. The molecule has 8 heteroatoms. The number of carboxylic acids is 1. The summed E-state index contributed by atoms with van der Waals surface area (Å²) < 4.78 is 13.6. The van der Waals surface area contributed by atoms with Crippen LogP contribution in [0.15, 0.2) is 0 Å². The van der Waals surface area contributed by atoms with E-state index in [1.54, 1.807) is 26.0 Å². The van der Waals surface area contributed by atoms with Crippen LogP contribution in [0.25, 0.3) is 0 Å². The van der Waals surface area contributed by atoms with Crippen LogP contribution in [-0.2, 0) is 14.4 Å². The van der Waals surface area contributed by atoms with Crippen LogP contribution in [0.4, 0.5) is 4.39 Å². The molecule has 0 aliphatic carbocycles. The van der Waals surface area contributed by atoms with Gasteiger partial charge >= 0.3 is 5.97 Å². The van der Waals surface area contributed by atoms with Gasteiger partial charge in [-0.15, -0.1) is 0 Å². The maximum Gasteiger partial charge on any atom is 0.321 e. The number of alkyl halides is 1. The van der Waals surface area contributed by atoms with Crippen LogP contribution < -0.4 is 5.32 Å². The lowest BCUT2D eigenvalue weighted by Crippen LogP contribution is -2.45. The molecule has 0 aromatic heterocycles. The van der Waals surface area contributed by atoms with Crippen molar-refractivity contribution in [1.82, 2.24) is 15.1 Å². The highest BCUT2D eigenvalue weighted by molar-refractivity contribution is 5.94. The highest BCUT2D eigenvalue weighted by Gasteiger charge is 2.35. The second kappa shape index (κ2) is 11.1. The van der Waals surface area contributed by atoms with E-state index in [4.69, 9.17) is 5.11 Å². The quantitative estimate of drug-likeness (QED) is 0.533. The monoisotopic (exact) mass is 399 g/mol. The zero-order valence-corrected chi connectivity index (χ0v) is 18.0. The first kappa shape index (κ1) is 26.0. The minimum absolute atomic E-state index is 0.0549. The van der Waals surface area contributed by atoms with Crippen LogP contribution >= 0.6 is 0 Å². The number of rotatable bonds is 5. The molecule has 0 spiro atoms. The third kappa shape index (κ3) is 8.81. The lowest BCUT2D eigenvalue weighted by Gasteiger charge is -2.32. The van der Waals surface area contributed by atoms with Crippen LogP contribution in [0.3, 0.4) is 0 Å². The summed E-state index contributed by atoms with van der Waals surface area (Å²) >= 11 is 0. The summed E-state index contributed by atoms with van der Waals surface area (Å²) in [5, 5.41) is 11.6. The Morgan fingerprint density at radius 2 is 1.79 bits per heavy atom. The molecule has 1 saturated heterocycles. The van der Waals surface area contributed by atoms with Gasteiger partial charge in [0, 0.05) is 25.9 Å². The van der Waals surface area contributed by atoms with Gasteiger partial charge in [0.05, 0.1) is 5.54 Å². The lowest BCUT2D eigenvalue weighted by molar-refractivity contribution is -0.143. The van der Waals surface area contributed by atoms with E-state index in [-0.39, 0.29) is 43.8 Å². The van der Waals surface area contributed by atoms with Gasteiger partial charge in [0.2, 0.25) is 0 Å². The molecule has 0 radical (unpaired) electrons. The molecule has 1 fully saturated rings. The Labute approximate surface area is 167 Å². The zero-order valence-electron chi connectivity index (χ0n) is 18.0. The second-order valence-electron chi connectivity index (χ2n) is 8.06. The van der Waals surface area contributed by atoms with E-state index in [1.807, 2.05) is 27.7 Å². The van der Waals surface area contributed by atoms with Crippen molar-refractivity contribution in [3.63, 3.8) is 0 Å². The zero-order chi connectivity index (χ0) is 22.1. The Morgan fingerprint density at radius 1 is 1.29 bits per heavy atom. The minimum Gasteiger partial charge on any atom is -0.480 e. The van der Waals surface area contributed by atoms with Gasteiger partial charge < -0.3 is 15.3 Å². The molecule has 1 rings (SSSR count). The molecule has 7 nitrogen and oxygen atoms in total. The Balaban J connectivity index is 0.000000621. The number of piperidine rings is 1. The number of carboxylic acid groups (broad SMARTS) is 1. The van der Waals surface area contributed by atoms with Gasteiger partial charge in [-0.2, -0.15) is 0 Å². The van der Waals surface area contributed by atoms with Crippen molar-refractivity contribution < 1.29 is 23.9 Å². The summed E-state index contributed by atoms with van der Waals surface area (Å²) in [4.78, 5) is 36.1. The maximum absolute atomic E-state index is 13.6. The van der Waals surface area contributed by atoms with Crippen LogP contribution in [0.1, 0.15) is 40.5 Å². The number of nitrogens with zero attached hydrogens (tertiary/aromatic N) is 2. The Morgan fingerprint density at radius 3 is 2.07 bits per heavy atom. The molecule has 0 aromatic carbocycles. The number of aldehydes is 1. The lowest BCUT2D eigenvalue weighted by atomic mass is 9.95. The Bertz CT molecular complexity index is 592. The molecule has 1 unspecified atom stereocenters. The van der Waals surface area contributed by atoms with E-state index in [9.17, 15) is 18.8 Å². The number of likely N-dealkylation sites (N-methyl/N-ethyl adjacent to an activating group) is 1. The molecule has 28 heavy (non-hydrogen) atoms. The summed E-state index contributed by atoms with van der Waals surface area (Å²) in [6.07, 6.45) is 0.448. The van der Waals surface area contributed by atoms with Crippen molar-refractivity contribution in [1.29, 1.82) is 0 Å². The molecule has 1 amide bonds. The summed E-state index contributed by atoms with van der Waals surface area (Å²) in [6, 6.07) is -0.361. The fraction of sp³-hybridized carbons (Fsp3) is 0.750. The molecule has 1 heterocycles. The molecule has 160 valence electrons. The number of carbonyl (C=O) groups excluding carboxylic acids is 2. The summed E-state index contributed by atoms with van der Waals surface area (Å²) in [5.74, 6) is 4.47. The van der Waals surface area contributed by atoms with E-state index in [2.05, 4.69) is 17.2 Å². The van der Waals surface area contributed by atoms with Gasteiger partial charge in [-0.05, 0) is 46.8 Å². The molecule has 1 atom stereocenters. The molecule has 0 saturated carbocycles. The van der Waals surface area contributed by atoms with E-state index in [1.165, 1.54) is 4.90 Å². The molecular weight excluding hydrogens is 365 g/mol. The van der Waals surface area contributed by atoms with Crippen molar-refractivity contribution in [2.75, 3.05) is 34.2 Å². The summed E-state index contributed by atoms with van der Waals surface area (Å²) in [6.45, 7) is 8.01. The fourth-order valence-corrected chi connectivity index (χ4v) is 2.65. The highest BCUT2D eigenvalue weighted by atomic mass is 19.1. The number of hydrogen-bond acceptors (Lipinski definition) is 5. The van der Waals surface area contributed by atoms with Crippen LogP contribution in [0.5, 0.6) is 0 Å². The average molecular weight is 400 g/mol. The molecule has 0 bridgehead atoms. The topological polar surface area (TPSA) is 89.9 Å². The van der Waals surface area contributed by atoms with Gasteiger partial charge in [0.15, 0.2) is 12.0 Å². The SMILES string of the molecule is CC(C)C(C(=O)O)N(C)C.CNC(C)(C)C#CC(=O)N1CCC(F)(C=O)CC1. The van der Waals surface area contributed by atoms with E-state index >= 15 is 0 Å². The molecule has 1 aliphatic heterocycles. The summed E-state index contributed by atoms with van der Waals surface area (Å²) in [7, 11) is 5.32. The Kier molecular flexibility index (Phi) is 10.3. The number of nitrogens with one attached hydrogen (secondary N) is 1. The van der Waals surface area contributed by atoms with Crippen molar-refractivity contribution >= 4 is 18.2 Å². The average Bonchev–Trinajstić information content (AvgIpc) is 2.60. The minimum atomic E-state index is -1.77. The van der Waals surface area contributed by atoms with E-state index < -0.39 is 17.2 Å². The first-order chi connectivity index (χ1) is 12.8. The standard InChI is InChI=1S/C13H19FN2O2.C7H15NO2/c1-12(2,15-3)5-4-11(18)16-8-6-13(14,10-17)7-9-16;1-5(2)6(7(9)10)8(3)4/h10,15H,6-9H2,1-3H3;5-6H,1-4H3,(H,9,10). The highest BCUT2D eigenvalue weighted by Crippen LogP contribution is 2.24. The number of carbonyl (C=O) groups is 3. The molecular formula is C20H34FN3O4. The van der Waals surface area contributed by atoms with E-state index in [0.29, 0.717) is 6.29 Å².